The molecule has 0 bridgehead atoms. The van der Waals surface area contributed by atoms with Gasteiger partial charge in [0.05, 0.1) is 12.4 Å². The molecule has 1 saturated heterocycles. The van der Waals surface area contributed by atoms with Gasteiger partial charge in [0.15, 0.2) is 0 Å². The number of benzene rings is 1. The molecule has 1 aliphatic heterocycles. The van der Waals surface area contributed by atoms with Crippen LogP contribution < -0.4 is 10.2 Å². The van der Waals surface area contributed by atoms with Crippen molar-refractivity contribution in [1.29, 1.82) is 0 Å². The van der Waals surface area contributed by atoms with Crippen LogP contribution in [0.2, 0.25) is 5.02 Å². The second kappa shape index (κ2) is 7.80. The smallest absolute Gasteiger partial charge is 0.275 e. The first kappa shape index (κ1) is 17.6. The Kier molecular flexibility index (Phi) is 5.50. The van der Waals surface area contributed by atoms with Gasteiger partial charge >= 0.3 is 0 Å². The van der Waals surface area contributed by atoms with E-state index < -0.39 is 0 Å². The van der Waals surface area contributed by atoms with Crippen LogP contribution >= 0.6 is 11.6 Å². The fourth-order valence-corrected chi connectivity index (χ4v) is 3.08. The summed E-state index contributed by atoms with van der Waals surface area (Å²) in [5.74, 6) is 0.537. The largest absolute Gasteiger partial charge is 0.353 e. The van der Waals surface area contributed by atoms with E-state index >= 15 is 0 Å². The van der Waals surface area contributed by atoms with Crippen molar-refractivity contribution in [1.82, 2.24) is 14.9 Å². The molecule has 1 aliphatic rings. The lowest BCUT2D eigenvalue weighted by atomic mass is 10.2. The quantitative estimate of drug-likeness (QED) is 0.909. The van der Waals surface area contributed by atoms with E-state index in [2.05, 4.69) is 32.0 Å². The first-order valence-corrected chi connectivity index (χ1v) is 8.81. The molecule has 6 nitrogen and oxygen atoms in total. The third kappa shape index (κ3) is 4.27. The normalized spacial score (nSPS) is 15.2. The van der Waals surface area contributed by atoms with Crippen molar-refractivity contribution in [3.05, 3.63) is 46.9 Å². The van der Waals surface area contributed by atoms with Crippen LogP contribution in [0.3, 0.4) is 0 Å². The van der Waals surface area contributed by atoms with E-state index in [1.54, 1.807) is 18.3 Å². The minimum Gasteiger partial charge on any atom is -0.353 e. The van der Waals surface area contributed by atoms with E-state index in [-0.39, 0.29) is 5.91 Å². The summed E-state index contributed by atoms with van der Waals surface area (Å²) < 4.78 is 0. The van der Waals surface area contributed by atoms with E-state index in [0.29, 0.717) is 10.7 Å². The molecule has 0 unspecified atom stereocenters. The van der Waals surface area contributed by atoms with Gasteiger partial charge in [-0.15, -0.1) is 0 Å². The molecule has 1 aromatic heterocycles. The molecular formula is C18H22ClN5O. The molecule has 0 aliphatic carbocycles. The number of hydrogen-bond donors (Lipinski definition) is 1. The number of carbonyl (C=O) groups excluding carboxylic acids is 1. The van der Waals surface area contributed by atoms with E-state index in [1.165, 1.54) is 6.20 Å². The molecular weight excluding hydrogens is 338 g/mol. The van der Waals surface area contributed by atoms with Gasteiger partial charge in [-0.05, 0) is 37.2 Å². The molecule has 7 heteroatoms. The molecule has 1 N–H and O–H groups in total. The summed E-state index contributed by atoms with van der Waals surface area (Å²) in [4.78, 5) is 25.7. The maximum Gasteiger partial charge on any atom is 0.275 e. The summed E-state index contributed by atoms with van der Waals surface area (Å²) in [5, 5.41) is 3.49. The highest BCUT2D eigenvalue weighted by molar-refractivity contribution is 6.30. The highest BCUT2D eigenvalue weighted by Crippen LogP contribution is 2.20. The predicted octanol–water partition coefficient (Wildman–Crippen LogP) is 2.83. The molecule has 0 saturated carbocycles. The summed E-state index contributed by atoms with van der Waals surface area (Å²) in [6.45, 7) is 9.04. The second-order valence-corrected chi connectivity index (χ2v) is 6.53. The maximum absolute atomic E-state index is 12.4. The number of aryl methyl sites for hydroxylation is 1. The van der Waals surface area contributed by atoms with Crippen LogP contribution in [-0.4, -0.2) is 53.5 Å². The van der Waals surface area contributed by atoms with Crippen molar-refractivity contribution in [3.63, 3.8) is 0 Å². The Morgan fingerprint density at radius 3 is 2.56 bits per heavy atom. The van der Waals surface area contributed by atoms with Gasteiger partial charge in [-0.1, -0.05) is 18.5 Å². The van der Waals surface area contributed by atoms with Crippen molar-refractivity contribution in [3.8, 4) is 0 Å². The zero-order valence-corrected chi connectivity index (χ0v) is 15.3. The van der Waals surface area contributed by atoms with Gasteiger partial charge in [-0.2, -0.15) is 0 Å². The molecule has 2 aromatic rings. The summed E-state index contributed by atoms with van der Waals surface area (Å²) in [6, 6.07) is 5.33. The summed E-state index contributed by atoms with van der Waals surface area (Å²) in [5.41, 5.74) is 1.92. The molecule has 1 fully saturated rings. The van der Waals surface area contributed by atoms with Crippen LogP contribution in [0, 0.1) is 6.92 Å². The minimum atomic E-state index is -0.278. The molecule has 1 amide bonds. The number of nitrogens with one attached hydrogen (secondary N) is 1. The molecule has 2 heterocycles. The van der Waals surface area contributed by atoms with Gasteiger partial charge in [-0.3, -0.25) is 4.79 Å². The lowest BCUT2D eigenvalue weighted by Gasteiger charge is -2.34. The molecule has 0 atom stereocenters. The van der Waals surface area contributed by atoms with Crippen LogP contribution in [0.1, 0.15) is 23.0 Å². The van der Waals surface area contributed by atoms with E-state index in [9.17, 15) is 4.79 Å². The Hall–Kier alpha value is -2.18. The van der Waals surface area contributed by atoms with Crippen LogP contribution in [0.4, 0.5) is 11.5 Å². The number of aromatic nitrogens is 2. The molecule has 3 rings (SSSR count). The molecule has 132 valence electrons. The Morgan fingerprint density at radius 2 is 1.96 bits per heavy atom. The van der Waals surface area contributed by atoms with Crippen LogP contribution in [0.25, 0.3) is 0 Å². The SMILES string of the molecule is CCN1CCN(c2cnc(C(=O)Nc3ccc(Cl)cc3C)cn2)CC1. The van der Waals surface area contributed by atoms with Gasteiger partial charge in [0.1, 0.15) is 11.5 Å². The summed E-state index contributed by atoms with van der Waals surface area (Å²) in [6.07, 6.45) is 3.20. The van der Waals surface area contributed by atoms with Crippen molar-refractivity contribution in [2.24, 2.45) is 0 Å². The lowest BCUT2D eigenvalue weighted by Crippen LogP contribution is -2.46. The minimum absolute atomic E-state index is 0.278. The number of likely N-dealkylation sites (N-methyl/N-ethyl adjacent to an activating group) is 1. The Bertz CT molecular complexity index is 742. The Labute approximate surface area is 152 Å². The molecule has 0 spiro atoms. The highest BCUT2D eigenvalue weighted by atomic mass is 35.5. The van der Waals surface area contributed by atoms with Crippen molar-refractivity contribution >= 4 is 29.0 Å². The average molecular weight is 360 g/mol. The molecule has 1 aromatic carbocycles. The van der Waals surface area contributed by atoms with E-state index in [1.807, 2.05) is 13.0 Å². The van der Waals surface area contributed by atoms with Crippen molar-refractivity contribution < 1.29 is 4.79 Å². The van der Waals surface area contributed by atoms with Crippen LogP contribution in [0.15, 0.2) is 30.6 Å². The number of piperazine rings is 1. The van der Waals surface area contributed by atoms with Gasteiger partial charge in [0.25, 0.3) is 5.91 Å². The van der Waals surface area contributed by atoms with Crippen LogP contribution in [0.5, 0.6) is 0 Å². The maximum atomic E-state index is 12.4. The van der Waals surface area contributed by atoms with Crippen LogP contribution in [-0.2, 0) is 0 Å². The van der Waals surface area contributed by atoms with Gasteiger partial charge in [0, 0.05) is 36.9 Å². The average Bonchev–Trinajstić information content (AvgIpc) is 2.64. The fraction of sp³-hybridized carbons (Fsp3) is 0.389. The zero-order valence-electron chi connectivity index (χ0n) is 14.5. The van der Waals surface area contributed by atoms with Gasteiger partial charge in [-0.25, -0.2) is 9.97 Å². The Morgan fingerprint density at radius 1 is 1.20 bits per heavy atom. The topological polar surface area (TPSA) is 61.4 Å². The predicted molar refractivity (Wildman–Crippen MR) is 101 cm³/mol. The lowest BCUT2D eigenvalue weighted by molar-refractivity contribution is 0.102. The number of anilines is 2. The standard InChI is InChI=1S/C18H22ClN5O/c1-3-23-6-8-24(9-7-23)17-12-20-16(11-21-17)18(25)22-15-5-4-14(19)10-13(15)2/h4-5,10-12H,3,6-9H2,1-2H3,(H,22,25). The third-order valence-corrected chi connectivity index (χ3v) is 4.69. The highest BCUT2D eigenvalue weighted by Gasteiger charge is 2.18. The number of halogens is 1. The second-order valence-electron chi connectivity index (χ2n) is 6.09. The summed E-state index contributed by atoms with van der Waals surface area (Å²) in [7, 11) is 0. The number of carbonyl (C=O) groups is 1. The van der Waals surface area contributed by atoms with Gasteiger partial charge in [0.2, 0.25) is 0 Å². The fourth-order valence-electron chi connectivity index (χ4n) is 2.85. The summed E-state index contributed by atoms with van der Waals surface area (Å²) >= 11 is 5.94. The molecule has 25 heavy (non-hydrogen) atoms. The van der Waals surface area contributed by atoms with E-state index in [4.69, 9.17) is 11.6 Å². The first-order chi connectivity index (χ1) is 12.1. The van der Waals surface area contributed by atoms with Crippen molar-refractivity contribution in [2.45, 2.75) is 13.8 Å². The molecule has 0 radical (unpaired) electrons. The number of nitrogens with zero attached hydrogens (tertiary/aromatic N) is 4. The third-order valence-electron chi connectivity index (χ3n) is 4.45. The monoisotopic (exact) mass is 359 g/mol. The number of rotatable bonds is 4. The first-order valence-electron chi connectivity index (χ1n) is 8.43. The van der Waals surface area contributed by atoms with Gasteiger partial charge < -0.3 is 15.1 Å². The number of hydrogen-bond acceptors (Lipinski definition) is 5. The number of amides is 1. The Balaban J connectivity index is 1.64. The van der Waals surface area contributed by atoms with E-state index in [0.717, 1.165) is 49.8 Å². The van der Waals surface area contributed by atoms with Crippen molar-refractivity contribution in [2.75, 3.05) is 42.9 Å². The zero-order chi connectivity index (χ0) is 17.8.